The molecule has 0 aromatic heterocycles. The molecule has 0 radical (unpaired) electrons. The zero-order valence-electron chi connectivity index (χ0n) is 10.0. The van der Waals surface area contributed by atoms with Crippen molar-refractivity contribution in [3.05, 3.63) is 46.7 Å². The molecule has 2 aromatic carbocycles. The van der Waals surface area contributed by atoms with Gasteiger partial charge in [0, 0.05) is 12.1 Å². The van der Waals surface area contributed by atoms with Crippen LogP contribution < -0.4 is 15.6 Å². The molecular formula is C12H10BrFN2O3S. The lowest BCUT2D eigenvalue weighted by atomic mass is 10.3. The van der Waals surface area contributed by atoms with Gasteiger partial charge in [-0.05, 0) is 40.2 Å². The van der Waals surface area contributed by atoms with Crippen molar-refractivity contribution in [2.24, 2.45) is 5.14 Å². The highest BCUT2D eigenvalue weighted by molar-refractivity contribution is 9.10. The van der Waals surface area contributed by atoms with Crippen molar-refractivity contribution in [1.29, 1.82) is 0 Å². The Labute approximate surface area is 123 Å². The van der Waals surface area contributed by atoms with Crippen molar-refractivity contribution in [3.63, 3.8) is 0 Å². The van der Waals surface area contributed by atoms with Crippen LogP contribution >= 0.6 is 15.9 Å². The minimum absolute atomic E-state index is 0.0817. The number of ether oxygens (including phenoxy) is 1. The fourth-order valence-corrected chi connectivity index (χ4v) is 2.22. The van der Waals surface area contributed by atoms with Crippen LogP contribution in [-0.4, -0.2) is 8.42 Å². The second-order valence-corrected chi connectivity index (χ2v) is 6.34. The van der Waals surface area contributed by atoms with Gasteiger partial charge in [-0.2, -0.15) is 0 Å². The second kappa shape index (κ2) is 5.39. The van der Waals surface area contributed by atoms with Crippen molar-refractivity contribution < 1.29 is 17.5 Å². The van der Waals surface area contributed by atoms with E-state index < -0.39 is 15.8 Å². The van der Waals surface area contributed by atoms with E-state index in [1.807, 2.05) is 0 Å². The van der Waals surface area contributed by atoms with Crippen LogP contribution in [0.4, 0.5) is 10.1 Å². The molecule has 2 aromatic rings. The molecule has 0 aliphatic heterocycles. The molecule has 106 valence electrons. The number of hydrogen-bond acceptors (Lipinski definition) is 4. The Morgan fingerprint density at radius 2 is 1.85 bits per heavy atom. The predicted octanol–water partition coefficient (Wildman–Crippen LogP) is 2.61. The quantitative estimate of drug-likeness (QED) is 0.822. The van der Waals surface area contributed by atoms with Gasteiger partial charge in [-0.25, -0.2) is 17.9 Å². The number of halogens is 2. The molecular weight excluding hydrogens is 351 g/mol. The number of anilines is 1. The average Bonchev–Trinajstić information content (AvgIpc) is 2.35. The molecule has 0 saturated carbocycles. The summed E-state index contributed by atoms with van der Waals surface area (Å²) in [4.78, 5) is -0.140. The summed E-state index contributed by atoms with van der Waals surface area (Å²) in [6.07, 6.45) is 0. The summed E-state index contributed by atoms with van der Waals surface area (Å²) in [7, 11) is -3.87. The highest BCUT2D eigenvalue weighted by Gasteiger charge is 2.12. The molecule has 0 aliphatic rings. The number of benzene rings is 2. The number of primary sulfonamides is 1. The molecule has 0 heterocycles. The lowest BCUT2D eigenvalue weighted by Crippen LogP contribution is -2.12. The van der Waals surface area contributed by atoms with Crippen LogP contribution in [0, 0.1) is 5.82 Å². The number of hydrogen-bond donors (Lipinski definition) is 2. The highest BCUT2D eigenvalue weighted by Crippen LogP contribution is 2.31. The number of nitrogens with two attached hydrogens (primary N) is 2. The fraction of sp³-hybridized carbons (Fsp3) is 0. The van der Waals surface area contributed by atoms with E-state index in [-0.39, 0.29) is 26.6 Å². The van der Waals surface area contributed by atoms with Crippen molar-refractivity contribution in [2.75, 3.05) is 5.73 Å². The number of rotatable bonds is 3. The molecule has 5 nitrogen and oxygen atoms in total. The van der Waals surface area contributed by atoms with E-state index in [0.29, 0.717) is 0 Å². The first-order valence-corrected chi connectivity index (χ1v) is 7.66. The summed E-state index contributed by atoms with van der Waals surface area (Å²) in [6.45, 7) is 0. The first-order chi connectivity index (χ1) is 9.27. The topological polar surface area (TPSA) is 95.4 Å². The van der Waals surface area contributed by atoms with Gasteiger partial charge in [0.05, 0.1) is 15.1 Å². The molecule has 0 bridgehead atoms. The van der Waals surface area contributed by atoms with Gasteiger partial charge >= 0.3 is 0 Å². The molecule has 0 atom stereocenters. The normalized spacial score (nSPS) is 11.3. The van der Waals surface area contributed by atoms with Crippen LogP contribution in [0.25, 0.3) is 0 Å². The molecule has 0 aliphatic carbocycles. The summed E-state index contributed by atoms with van der Waals surface area (Å²) in [5.41, 5.74) is 5.89. The summed E-state index contributed by atoms with van der Waals surface area (Å²) >= 11 is 3.02. The van der Waals surface area contributed by atoms with Crippen LogP contribution in [0.1, 0.15) is 0 Å². The molecule has 4 N–H and O–H groups in total. The van der Waals surface area contributed by atoms with Crippen LogP contribution in [0.15, 0.2) is 45.8 Å². The zero-order chi connectivity index (χ0) is 14.9. The molecule has 0 unspecified atom stereocenters. The van der Waals surface area contributed by atoms with E-state index in [2.05, 4.69) is 15.9 Å². The van der Waals surface area contributed by atoms with Crippen LogP contribution in [0.3, 0.4) is 0 Å². The predicted molar refractivity (Wildman–Crippen MR) is 76.4 cm³/mol. The van der Waals surface area contributed by atoms with Crippen molar-refractivity contribution in [1.82, 2.24) is 0 Å². The zero-order valence-corrected chi connectivity index (χ0v) is 12.4. The van der Waals surface area contributed by atoms with Gasteiger partial charge in [-0.15, -0.1) is 0 Å². The van der Waals surface area contributed by atoms with E-state index in [4.69, 9.17) is 15.6 Å². The smallest absolute Gasteiger partial charge is 0.238 e. The standard InChI is InChI=1S/C12H10BrFN2O3S/c13-9-3-1-7(5-10(9)14)19-12-6-8(20(16,17)18)2-4-11(12)15/h1-6H,15H2,(H2,16,17,18). The lowest BCUT2D eigenvalue weighted by molar-refractivity contribution is 0.476. The molecule has 8 heteroatoms. The van der Waals surface area contributed by atoms with Crippen LogP contribution in [0.5, 0.6) is 11.5 Å². The first-order valence-electron chi connectivity index (χ1n) is 5.32. The van der Waals surface area contributed by atoms with Crippen molar-refractivity contribution in [2.45, 2.75) is 4.90 Å². The highest BCUT2D eigenvalue weighted by atomic mass is 79.9. The van der Waals surface area contributed by atoms with Crippen LogP contribution in [0.2, 0.25) is 0 Å². The third-order valence-electron chi connectivity index (χ3n) is 2.43. The van der Waals surface area contributed by atoms with Gasteiger partial charge in [0.1, 0.15) is 11.6 Å². The minimum atomic E-state index is -3.87. The van der Waals surface area contributed by atoms with Crippen molar-refractivity contribution >= 4 is 31.6 Å². The SMILES string of the molecule is Nc1ccc(S(N)(=O)=O)cc1Oc1ccc(Br)c(F)c1. The summed E-state index contributed by atoms with van der Waals surface area (Å²) in [6, 6.07) is 7.92. The molecule has 0 amide bonds. The maximum Gasteiger partial charge on any atom is 0.238 e. The van der Waals surface area contributed by atoms with E-state index in [1.54, 1.807) is 0 Å². The fourth-order valence-electron chi connectivity index (χ4n) is 1.45. The van der Waals surface area contributed by atoms with E-state index >= 15 is 0 Å². The summed E-state index contributed by atoms with van der Waals surface area (Å²) in [5, 5.41) is 5.02. The monoisotopic (exact) mass is 360 g/mol. The first kappa shape index (κ1) is 14.8. The van der Waals surface area contributed by atoms with Gasteiger partial charge in [0.2, 0.25) is 10.0 Å². The third-order valence-corrected chi connectivity index (χ3v) is 3.99. The Balaban J connectivity index is 2.40. The van der Waals surface area contributed by atoms with Gasteiger partial charge in [-0.1, -0.05) is 0 Å². The largest absolute Gasteiger partial charge is 0.455 e. The van der Waals surface area contributed by atoms with Gasteiger partial charge in [0.15, 0.2) is 5.75 Å². The van der Waals surface area contributed by atoms with E-state index in [1.165, 1.54) is 30.3 Å². The Bertz CT molecular complexity index is 765. The Morgan fingerprint density at radius 3 is 2.45 bits per heavy atom. The second-order valence-electron chi connectivity index (χ2n) is 3.92. The molecule has 20 heavy (non-hydrogen) atoms. The molecule has 0 saturated heterocycles. The van der Waals surface area contributed by atoms with Gasteiger partial charge in [-0.3, -0.25) is 0 Å². The summed E-state index contributed by atoms with van der Waals surface area (Å²) < 4.78 is 41.6. The Morgan fingerprint density at radius 1 is 1.15 bits per heavy atom. The average molecular weight is 361 g/mol. The molecule has 0 spiro atoms. The Kier molecular flexibility index (Phi) is 3.98. The minimum Gasteiger partial charge on any atom is -0.455 e. The molecule has 2 rings (SSSR count). The van der Waals surface area contributed by atoms with E-state index in [9.17, 15) is 12.8 Å². The third kappa shape index (κ3) is 3.27. The van der Waals surface area contributed by atoms with Gasteiger partial charge in [0.25, 0.3) is 0 Å². The maximum absolute atomic E-state index is 13.4. The van der Waals surface area contributed by atoms with E-state index in [0.717, 1.165) is 6.07 Å². The maximum atomic E-state index is 13.4. The number of sulfonamides is 1. The van der Waals surface area contributed by atoms with Gasteiger partial charge < -0.3 is 10.5 Å². The number of nitrogen functional groups attached to an aromatic ring is 1. The Hall–Kier alpha value is -1.64. The molecule has 0 fully saturated rings. The lowest BCUT2D eigenvalue weighted by Gasteiger charge is -2.10. The van der Waals surface area contributed by atoms with Crippen LogP contribution in [-0.2, 0) is 10.0 Å². The van der Waals surface area contributed by atoms with Crippen molar-refractivity contribution in [3.8, 4) is 11.5 Å². The summed E-state index contributed by atoms with van der Waals surface area (Å²) in [5.74, 6) is -0.245.